The SMILES string of the molecule is CCc1nc(N(C)C2CCOCC2)sc1CNCC(C)C. The molecule has 0 aromatic carbocycles. The summed E-state index contributed by atoms with van der Waals surface area (Å²) >= 11 is 1.85. The number of nitrogens with one attached hydrogen (secondary N) is 1. The number of ether oxygens (including phenoxy) is 1. The van der Waals surface area contributed by atoms with Gasteiger partial charge in [-0.3, -0.25) is 0 Å². The zero-order valence-electron chi connectivity index (χ0n) is 13.8. The first-order chi connectivity index (χ1) is 10.1. The minimum atomic E-state index is 0.575. The van der Waals surface area contributed by atoms with Gasteiger partial charge in [0.15, 0.2) is 5.13 Å². The van der Waals surface area contributed by atoms with Gasteiger partial charge in [0.05, 0.1) is 5.69 Å². The van der Waals surface area contributed by atoms with Crippen molar-refractivity contribution in [3.63, 3.8) is 0 Å². The fraction of sp³-hybridized carbons (Fsp3) is 0.812. The van der Waals surface area contributed by atoms with Gasteiger partial charge < -0.3 is 15.0 Å². The lowest BCUT2D eigenvalue weighted by atomic mass is 10.1. The lowest BCUT2D eigenvalue weighted by Gasteiger charge is -2.30. The molecule has 120 valence electrons. The molecule has 0 spiro atoms. The Morgan fingerprint density at radius 3 is 2.71 bits per heavy atom. The molecule has 1 saturated heterocycles. The van der Waals surface area contributed by atoms with Gasteiger partial charge in [-0.15, -0.1) is 11.3 Å². The fourth-order valence-electron chi connectivity index (χ4n) is 2.64. The summed E-state index contributed by atoms with van der Waals surface area (Å²) in [6, 6.07) is 0.575. The van der Waals surface area contributed by atoms with E-state index in [1.807, 2.05) is 11.3 Å². The number of rotatable bonds is 7. The van der Waals surface area contributed by atoms with Crippen molar-refractivity contribution in [1.82, 2.24) is 10.3 Å². The quantitative estimate of drug-likeness (QED) is 0.840. The smallest absolute Gasteiger partial charge is 0.185 e. The molecule has 1 aromatic heterocycles. The number of hydrogen-bond acceptors (Lipinski definition) is 5. The topological polar surface area (TPSA) is 37.4 Å². The van der Waals surface area contributed by atoms with Crippen molar-refractivity contribution in [1.29, 1.82) is 0 Å². The van der Waals surface area contributed by atoms with Crippen molar-refractivity contribution in [3.8, 4) is 0 Å². The van der Waals surface area contributed by atoms with Crippen LogP contribution in [0.2, 0.25) is 0 Å². The Kier molecular flexibility index (Phi) is 6.45. The molecule has 0 unspecified atom stereocenters. The molecular formula is C16H29N3OS. The highest BCUT2D eigenvalue weighted by Crippen LogP contribution is 2.29. The van der Waals surface area contributed by atoms with Crippen LogP contribution in [-0.4, -0.2) is 37.8 Å². The maximum atomic E-state index is 5.46. The van der Waals surface area contributed by atoms with E-state index in [2.05, 4.69) is 38.0 Å². The first kappa shape index (κ1) is 16.7. The number of aromatic nitrogens is 1. The number of aryl methyl sites for hydroxylation is 1. The molecule has 0 bridgehead atoms. The van der Waals surface area contributed by atoms with E-state index in [0.29, 0.717) is 12.0 Å². The second-order valence-electron chi connectivity index (χ2n) is 6.20. The largest absolute Gasteiger partial charge is 0.381 e. The van der Waals surface area contributed by atoms with Crippen molar-refractivity contribution in [2.75, 3.05) is 31.7 Å². The van der Waals surface area contributed by atoms with Crippen LogP contribution in [0.25, 0.3) is 0 Å². The van der Waals surface area contributed by atoms with Gasteiger partial charge in [0, 0.05) is 37.7 Å². The van der Waals surface area contributed by atoms with Crippen molar-refractivity contribution in [3.05, 3.63) is 10.6 Å². The number of anilines is 1. The summed E-state index contributed by atoms with van der Waals surface area (Å²) in [4.78, 5) is 8.62. The maximum absolute atomic E-state index is 5.46. The zero-order chi connectivity index (χ0) is 15.2. The number of hydrogen-bond donors (Lipinski definition) is 1. The zero-order valence-corrected chi connectivity index (χ0v) is 14.6. The van der Waals surface area contributed by atoms with Gasteiger partial charge in [-0.25, -0.2) is 4.98 Å². The molecule has 1 aromatic rings. The molecule has 0 amide bonds. The van der Waals surface area contributed by atoms with Gasteiger partial charge in [0.25, 0.3) is 0 Å². The highest BCUT2D eigenvalue weighted by molar-refractivity contribution is 7.15. The second-order valence-corrected chi connectivity index (χ2v) is 7.26. The molecule has 0 radical (unpaired) electrons. The van der Waals surface area contributed by atoms with E-state index < -0.39 is 0 Å². The van der Waals surface area contributed by atoms with E-state index in [1.165, 1.54) is 15.7 Å². The normalized spacial score (nSPS) is 16.6. The predicted molar refractivity (Wildman–Crippen MR) is 90.3 cm³/mol. The van der Waals surface area contributed by atoms with E-state index in [0.717, 1.165) is 45.6 Å². The third-order valence-electron chi connectivity index (χ3n) is 3.98. The Bertz CT molecular complexity index is 427. The Morgan fingerprint density at radius 2 is 2.10 bits per heavy atom. The Hall–Kier alpha value is -0.650. The molecule has 2 heterocycles. The van der Waals surface area contributed by atoms with E-state index in [4.69, 9.17) is 9.72 Å². The molecule has 1 aliphatic rings. The van der Waals surface area contributed by atoms with Crippen molar-refractivity contribution < 1.29 is 4.74 Å². The summed E-state index contributed by atoms with van der Waals surface area (Å²) in [5.41, 5.74) is 1.25. The van der Waals surface area contributed by atoms with Crippen molar-refractivity contribution in [2.24, 2.45) is 5.92 Å². The lowest BCUT2D eigenvalue weighted by Crippen LogP contribution is -2.36. The van der Waals surface area contributed by atoms with Crippen molar-refractivity contribution in [2.45, 2.75) is 52.6 Å². The molecule has 1 N–H and O–H groups in total. The summed E-state index contributed by atoms with van der Waals surface area (Å²) in [5.74, 6) is 0.687. The molecular weight excluding hydrogens is 282 g/mol. The van der Waals surface area contributed by atoms with Crippen LogP contribution in [-0.2, 0) is 17.7 Å². The molecule has 0 aliphatic carbocycles. The predicted octanol–water partition coefficient (Wildman–Crippen LogP) is 3.07. The second kappa shape index (κ2) is 8.11. The van der Waals surface area contributed by atoms with E-state index >= 15 is 0 Å². The van der Waals surface area contributed by atoms with E-state index in [1.54, 1.807) is 0 Å². The molecule has 1 aliphatic heterocycles. The number of thiazole rings is 1. The molecule has 5 heteroatoms. The molecule has 0 saturated carbocycles. The highest BCUT2D eigenvalue weighted by atomic mass is 32.1. The summed E-state index contributed by atoms with van der Waals surface area (Å²) in [7, 11) is 2.18. The third-order valence-corrected chi connectivity index (χ3v) is 5.17. The van der Waals surface area contributed by atoms with Gasteiger partial charge in [-0.1, -0.05) is 20.8 Å². The van der Waals surface area contributed by atoms with Crippen LogP contribution in [0.1, 0.15) is 44.2 Å². The summed E-state index contributed by atoms with van der Waals surface area (Å²) in [6.07, 6.45) is 3.23. The van der Waals surface area contributed by atoms with Gasteiger partial charge in [0.2, 0.25) is 0 Å². The summed E-state index contributed by atoms with van der Waals surface area (Å²) < 4.78 is 5.46. The van der Waals surface area contributed by atoms with Crippen molar-refractivity contribution >= 4 is 16.5 Å². The molecule has 1 fully saturated rings. The monoisotopic (exact) mass is 311 g/mol. The first-order valence-electron chi connectivity index (χ1n) is 8.11. The highest BCUT2D eigenvalue weighted by Gasteiger charge is 2.22. The summed E-state index contributed by atoms with van der Waals surface area (Å²) in [5, 5.41) is 4.71. The molecule has 2 rings (SSSR count). The van der Waals surface area contributed by atoms with Gasteiger partial charge in [-0.05, 0) is 31.7 Å². The van der Waals surface area contributed by atoms with Crippen LogP contribution in [0, 0.1) is 5.92 Å². The Morgan fingerprint density at radius 1 is 1.38 bits per heavy atom. The molecule has 21 heavy (non-hydrogen) atoms. The minimum absolute atomic E-state index is 0.575. The van der Waals surface area contributed by atoms with Gasteiger partial charge >= 0.3 is 0 Å². The first-order valence-corrected chi connectivity index (χ1v) is 8.93. The van der Waals surface area contributed by atoms with Crippen LogP contribution in [0.5, 0.6) is 0 Å². The van der Waals surface area contributed by atoms with Crippen LogP contribution in [0.4, 0.5) is 5.13 Å². The average molecular weight is 311 g/mol. The maximum Gasteiger partial charge on any atom is 0.185 e. The standard InChI is InChI=1S/C16H29N3OS/c1-5-14-15(11-17-10-12(2)3)21-16(18-14)19(4)13-6-8-20-9-7-13/h12-13,17H,5-11H2,1-4H3. The van der Waals surface area contributed by atoms with E-state index in [9.17, 15) is 0 Å². The summed E-state index contributed by atoms with van der Waals surface area (Å²) in [6.45, 7) is 10.4. The van der Waals surface area contributed by atoms with Gasteiger partial charge in [-0.2, -0.15) is 0 Å². The van der Waals surface area contributed by atoms with Crippen LogP contribution in [0.15, 0.2) is 0 Å². The van der Waals surface area contributed by atoms with Crippen LogP contribution >= 0.6 is 11.3 Å². The molecule has 0 atom stereocenters. The Balaban J connectivity index is 2.01. The van der Waals surface area contributed by atoms with E-state index in [-0.39, 0.29) is 0 Å². The van der Waals surface area contributed by atoms with Crippen LogP contribution < -0.4 is 10.2 Å². The third kappa shape index (κ3) is 4.66. The Labute approximate surface area is 132 Å². The molecule has 4 nitrogen and oxygen atoms in total. The average Bonchev–Trinajstić information content (AvgIpc) is 2.90. The van der Waals surface area contributed by atoms with Gasteiger partial charge in [0.1, 0.15) is 0 Å². The number of nitrogens with zero attached hydrogens (tertiary/aromatic N) is 2. The minimum Gasteiger partial charge on any atom is -0.381 e. The fourth-order valence-corrected chi connectivity index (χ4v) is 3.79. The van der Waals surface area contributed by atoms with Crippen LogP contribution in [0.3, 0.4) is 0 Å². The lowest BCUT2D eigenvalue weighted by molar-refractivity contribution is 0.0855.